The van der Waals surface area contributed by atoms with Crippen molar-refractivity contribution >= 4 is 40.7 Å². The molecule has 7 heteroatoms. The minimum absolute atomic E-state index is 0.186. The van der Waals surface area contributed by atoms with Crippen molar-refractivity contribution in [2.24, 2.45) is 5.41 Å². The van der Waals surface area contributed by atoms with Crippen LogP contribution in [0, 0.1) is 12.3 Å². The lowest BCUT2D eigenvalue weighted by molar-refractivity contribution is 0.0665. The van der Waals surface area contributed by atoms with Crippen LogP contribution in [0.1, 0.15) is 53.7 Å². The number of rotatable bonds is 5. The molecule has 1 saturated heterocycles. The monoisotopic (exact) mass is 589 g/mol. The van der Waals surface area contributed by atoms with Gasteiger partial charge in [-0.25, -0.2) is 0 Å². The van der Waals surface area contributed by atoms with Crippen molar-refractivity contribution < 1.29 is 23.9 Å². The summed E-state index contributed by atoms with van der Waals surface area (Å²) in [6, 6.07) is 23.6. The van der Waals surface area contributed by atoms with Gasteiger partial charge in [-0.2, -0.15) is 0 Å². The molecule has 43 heavy (non-hydrogen) atoms. The van der Waals surface area contributed by atoms with Gasteiger partial charge < -0.3 is 14.4 Å². The van der Waals surface area contributed by atoms with Gasteiger partial charge in [0.25, 0.3) is 0 Å². The zero-order chi connectivity index (χ0) is 30.0. The summed E-state index contributed by atoms with van der Waals surface area (Å²) in [6.45, 7) is 1.96. The highest BCUT2D eigenvalue weighted by atomic mass is 35.5. The Morgan fingerprint density at radius 1 is 0.837 bits per heavy atom. The van der Waals surface area contributed by atoms with Gasteiger partial charge in [-0.1, -0.05) is 83.9 Å². The maximum atomic E-state index is 14.8. The first kappa shape index (κ1) is 27.2. The molecule has 0 aromatic heterocycles. The standard InChI is InChI=1S/C36H28ClNO5/c1-20-8-10-21(11-9-20)33(39)32-31(23-12-16-28(42-2)29(19-23)43-3)36(34(40)25-6-4-5-7-26(25)35(36)41)30-17-13-22-18-24(37)14-15-27(22)38(30)32/h4-19,30-32H,1-3H3/t30-,31-,32+/m0/s1. The molecule has 0 bridgehead atoms. The summed E-state index contributed by atoms with van der Waals surface area (Å²) in [6.07, 6.45) is 3.79. The van der Waals surface area contributed by atoms with Crippen molar-refractivity contribution in [1.82, 2.24) is 0 Å². The molecule has 2 aliphatic heterocycles. The summed E-state index contributed by atoms with van der Waals surface area (Å²) >= 11 is 6.39. The van der Waals surface area contributed by atoms with Gasteiger partial charge in [-0.05, 0) is 48.4 Å². The first-order valence-electron chi connectivity index (χ1n) is 14.1. The van der Waals surface area contributed by atoms with Crippen LogP contribution < -0.4 is 14.4 Å². The van der Waals surface area contributed by atoms with Gasteiger partial charge in [0.05, 0.1) is 20.3 Å². The average Bonchev–Trinajstić information content (AvgIpc) is 3.46. The fraction of sp³-hybridized carbons (Fsp3) is 0.194. The second kappa shape index (κ2) is 9.96. The number of benzene rings is 4. The maximum Gasteiger partial charge on any atom is 0.185 e. The van der Waals surface area contributed by atoms with E-state index in [9.17, 15) is 14.4 Å². The number of anilines is 1. The van der Waals surface area contributed by atoms with Gasteiger partial charge >= 0.3 is 0 Å². The normalized spacial score (nSPS) is 21.0. The number of methoxy groups -OCH3 is 2. The van der Waals surface area contributed by atoms with E-state index in [1.807, 2.05) is 54.3 Å². The molecule has 0 radical (unpaired) electrons. The number of carbonyl (C=O) groups excluding carboxylic acids is 3. The predicted octanol–water partition coefficient (Wildman–Crippen LogP) is 6.98. The van der Waals surface area contributed by atoms with E-state index in [2.05, 4.69) is 0 Å². The number of nitrogens with zero attached hydrogens (tertiary/aromatic N) is 1. The van der Waals surface area contributed by atoms with E-state index in [4.69, 9.17) is 21.1 Å². The van der Waals surface area contributed by atoms with Crippen LogP contribution in [0.15, 0.2) is 91.0 Å². The number of hydrogen-bond donors (Lipinski definition) is 0. The van der Waals surface area contributed by atoms with E-state index in [0.717, 1.165) is 16.8 Å². The molecule has 1 spiro atoms. The molecule has 2 heterocycles. The van der Waals surface area contributed by atoms with Crippen LogP contribution in [0.3, 0.4) is 0 Å². The lowest BCUT2D eigenvalue weighted by Crippen LogP contribution is -2.48. The smallest absolute Gasteiger partial charge is 0.185 e. The quantitative estimate of drug-likeness (QED) is 0.185. The fourth-order valence-electron chi connectivity index (χ4n) is 7.26. The van der Waals surface area contributed by atoms with Crippen molar-refractivity contribution in [3.63, 3.8) is 0 Å². The van der Waals surface area contributed by atoms with Crippen LogP contribution in [0.5, 0.6) is 11.5 Å². The van der Waals surface area contributed by atoms with Crippen molar-refractivity contribution in [3.05, 3.63) is 129 Å². The molecule has 0 amide bonds. The van der Waals surface area contributed by atoms with Crippen LogP contribution in [0.25, 0.3) is 6.08 Å². The van der Waals surface area contributed by atoms with Gasteiger partial charge in [0.15, 0.2) is 28.8 Å². The van der Waals surface area contributed by atoms with Gasteiger partial charge in [-0.3, -0.25) is 14.4 Å². The summed E-state index contributed by atoms with van der Waals surface area (Å²) in [5.41, 5.74) is 2.83. The van der Waals surface area contributed by atoms with Crippen molar-refractivity contribution in [3.8, 4) is 11.5 Å². The molecule has 214 valence electrons. The van der Waals surface area contributed by atoms with E-state index in [1.165, 1.54) is 7.11 Å². The van der Waals surface area contributed by atoms with E-state index < -0.39 is 23.4 Å². The summed E-state index contributed by atoms with van der Waals surface area (Å²) in [4.78, 5) is 46.4. The number of Topliss-reactive ketones (excluding diaryl/α,β-unsaturated/α-hetero) is 3. The third kappa shape index (κ3) is 3.76. The molecule has 0 N–H and O–H groups in total. The van der Waals surface area contributed by atoms with Gasteiger partial charge in [-0.15, -0.1) is 0 Å². The second-order valence-electron chi connectivity index (χ2n) is 11.3. The highest BCUT2D eigenvalue weighted by molar-refractivity contribution is 6.32. The Morgan fingerprint density at radius 3 is 2.16 bits per heavy atom. The Labute approximate surface area is 254 Å². The highest BCUT2D eigenvalue weighted by Crippen LogP contribution is 2.61. The number of fused-ring (bicyclic) bond motifs is 5. The van der Waals surface area contributed by atoms with Gasteiger partial charge in [0.2, 0.25) is 0 Å². The maximum absolute atomic E-state index is 14.8. The highest BCUT2D eigenvalue weighted by Gasteiger charge is 2.71. The first-order chi connectivity index (χ1) is 20.8. The Hall–Kier alpha value is -4.68. The zero-order valence-electron chi connectivity index (χ0n) is 23.8. The minimum atomic E-state index is -1.61. The molecule has 4 aromatic rings. The molecule has 1 fully saturated rings. The van der Waals surface area contributed by atoms with Crippen LogP contribution in [-0.4, -0.2) is 43.7 Å². The molecular formula is C36H28ClNO5. The number of carbonyl (C=O) groups is 3. The third-order valence-corrected chi connectivity index (χ3v) is 9.37. The van der Waals surface area contributed by atoms with Gasteiger partial charge in [0, 0.05) is 33.3 Å². The molecule has 0 unspecified atom stereocenters. The number of ketones is 3. The largest absolute Gasteiger partial charge is 0.493 e. The summed E-state index contributed by atoms with van der Waals surface area (Å²) in [5.74, 6) is -0.670. The number of halogens is 1. The van der Waals surface area contributed by atoms with E-state index in [-0.39, 0.29) is 17.3 Å². The molecule has 1 aliphatic carbocycles. The van der Waals surface area contributed by atoms with Crippen LogP contribution in [0.2, 0.25) is 5.02 Å². The molecule has 3 atom stereocenters. The number of hydrogen-bond acceptors (Lipinski definition) is 6. The van der Waals surface area contributed by atoms with Crippen LogP contribution >= 0.6 is 11.6 Å². The first-order valence-corrected chi connectivity index (χ1v) is 14.5. The van der Waals surface area contributed by atoms with Gasteiger partial charge in [0.1, 0.15) is 11.5 Å². The number of ether oxygens (including phenoxy) is 2. The average molecular weight is 590 g/mol. The Morgan fingerprint density at radius 2 is 1.51 bits per heavy atom. The topological polar surface area (TPSA) is 72.9 Å². The SMILES string of the molecule is COc1ccc([C@H]2[C@H](C(=O)c3ccc(C)cc3)N3c4ccc(Cl)cc4C=C[C@H]3C23C(=O)c2ccccc2C3=O)cc1OC. The summed E-state index contributed by atoms with van der Waals surface area (Å²) in [5, 5.41) is 0.550. The molecule has 7 rings (SSSR count). The minimum Gasteiger partial charge on any atom is -0.493 e. The summed E-state index contributed by atoms with van der Waals surface area (Å²) in [7, 11) is 3.08. The van der Waals surface area contributed by atoms with E-state index in [1.54, 1.807) is 61.7 Å². The molecule has 3 aliphatic rings. The lowest BCUT2D eigenvalue weighted by Gasteiger charge is -2.37. The Kier molecular flexibility index (Phi) is 6.29. The molecule has 0 saturated carbocycles. The molecular weight excluding hydrogens is 562 g/mol. The lowest BCUT2D eigenvalue weighted by atomic mass is 9.64. The molecule has 6 nitrogen and oxygen atoms in total. The van der Waals surface area contributed by atoms with Crippen molar-refractivity contribution in [2.75, 3.05) is 19.1 Å². The Balaban J connectivity index is 1.55. The summed E-state index contributed by atoms with van der Waals surface area (Å²) < 4.78 is 11.2. The fourth-order valence-corrected chi connectivity index (χ4v) is 7.44. The second-order valence-corrected chi connectivity index (χ2v) is 11.7. The van der Waals surface area contributed by atoms with Crippen molar-refractivity contribution in [1.29, 1.82) is 0 Å². The van der Waals surface area contributed by atoms with E-state index in [0.29, 0.717) is 38.8 Å². The van der Waals surface area contributed by atoms with Crippen LogP contribution in [0.4, 0.5) is 5.69 Å². The number of aryl methyl sites for hydroxylation is 1. The third-order valence-electron chi connectivity index (χ3n) is 9.14. The predicted molar refractivity (Wildman–Crippen MR) is 166 cm³/mol. The van der Waals surface area contributed by atoms with Crippen molar-refractivity contribution in [2.45, 2.75) is 24.9 Å². The van der Waals surface area contributed by atoms with E-state index >= 15 is 0 Å². The molecule has 4 aromatic carbocycles. The van der Waals surface area contributed by atoms with Crippen LogP contribution in [-0.2, 0) is 0 Å². The zero-order valence-corrected chi connectivity index (χ0v) is 24.6. The Bertz CT molecular complexity index is 1830.